The fourth-order valence-electron chi connectivity index (χ4n) is 2.09. The van der Waals surface area contributed by atoms with Crippen molar-refractivity contribution in [1.29, 1.82) is 0 Å². The van der Waals surface area contributed by atoms with E-state index < -0.39 is 0 Å². The Kier molecular flexibility index (Phi) is 3.66. The van der Waals surface area contributed by atoms with Crippen molar-refractivity contribution < 1.29 is 0 Å². The van der Waals surface area contributed by atoms with E-state index in [1.54, 1.807) is 0 Å². The smallest absolute Gasteiger partial charge is 0.0661 e. The Bertz CT molecular complexity index is 577. The summed E-state index contributed by atoms with van der Waals surface area (Å²) < 4.78 is 2.19. The first-order valence-corrected chi connectivity index (χ1v) is 6.38. The fourth-order valence-corrected chi connectivity index (χ4v) is 2.09. The quantitative estimate of drug-likeness (QED) is 0.723. The summed E-state index contributed by atoms with van der Waals surface area (Å²) >= 11 is 0. The summed E-state index contributed by atoms with van der Waals surface area (Å²) in [7, 11) is 2.09. The molecule has 0 N–H and O–H groups in total. The monoisotopic (exact) mass is 240 g/mol. The van der Waals surface area contributed by atoms with Crippen LogP contribution in [0.3, 0.4) is 0 Å². The Morgan fingerprint density at radius 1 is 1.22 bits per heavy atom. The second kappa shape index (κ2) is 5.21. The van der Waals surface area contributed by atoms with Gasteiger partial charge in [0.1, 0.15) is 0 Å². The number of rotatable bonds is 3. The zero-order chi connectivity index (χ0) is 13.1. The Balaban J connectivity index is 2.33. The number of benzene rings is 1. The van der Waals surface area contributed by atoms with Gasteiger partial charge in [-0.25, -0.2) is 0 Å². The van der Waals surface area contributed by atoms with E-state index in [1.807, 2.05) is 12.3 Å². The van der Waals surface area contributed by atoms with Crippen LogP contribution in [0.15, 0.2) is 35.3 Å². The fraction of sp³-hybridized carbons (Fsp3) is 0.312. The van der Waals surface area contributed by atoms with Crippen molar-refractivity contribution in [2.75, 3.05) is 0 Å². The molecular formula is C16H20N2. The highest BCUT2D eigenvalue weighted by atomic mass is 14.9. The number of nitrogens with zero attached hydrogens (tertiary/aromatic N) is 2. The van der Waals surface area contributed by atoms with Gasteiger partial charge in [0.05, 0.1) is 5.69 Å². The first kappa shape index (κ1) is 12.6. The molecule has 0 bridgehead atoms. The van der Waals surface area contributed by atoms with Crippen molar-refractivity contribution in [2.45, 2.75) is 27.2 Å². The zero-order valence-electron chi connectivity index (χ0n) is 11.6. The highest BCUT2D eigenvalue weighted by Gasteiger charge is 2.03. The van der Waals surface area contributed by atoms with Gasteiger partial charge in [0.15, 0.2) is 0 Å². The number of hydrogen-bond donors (Lipinski definition) is 0. The molecule has 2 nitrogen and oxygen atoms in total. The van der Waals surface area contributed by atoms with Crippen LogP contribution in [-0.2, 0) is 13.5 Å². The van der Waals surface area contributed by atoms with Crippen LogP contribution in [0.4, 0.5) is 5.69 Å². The van der Waals surface area contributed by atoms with Gasteiger partial charge in [-0.1, -0.05) is 25.1 Å². The van der Waals surface area contributed by atoms with Crippen molar-refractivity contribution in [1.82, 2.24) is 4.57 Å². The van der Waals surface area contributed by atoms with Crippen molar-refractivity contribution >= 4 is 11.9 Å². The van der Waals surface area contributed by atoms with Gasteiger partial charge < -0.3 is 4.57 Å². The average molecular weight is 240 g/mol. The maximum Gasteiger partial charge on any atom is 0.0661 e. The van der Waals surface area contributed by atoms with Crippen LogP contribution >= 0.6 is 0 Å². The van der Waals surface area contributed by atoms with E-state index in [0.29, 0.717) is 0 Å². The molecule has 0 unspecified atom stereocenters. The van der Waals surface area contributed by atoms with Gasteiger partial charge in [-0.2, -0.15) is 0 Å². The Labute approximate surface area is 109 Å². The summed E-state index contributed by atoms with van der Waals surface area (Å²) in [4.78, 5) is 4.62. The molecule has 0 aliphatic rings. The van der Waals surface area contributed by atoms with E-state index in [1.165, 1.54) is 22.5 Å². The predicted molar refractivity (Wildman–Crippen MR) is 78.0 cm³/mol. The van der Waals surface area contributed by atoms with E-state index in [-0.39, 0.29) is 0 Å². The Morgan fingerprint density at radius 3 is 2.56 bits per heavy atom. The maximum absolute atomic E-state index is 4.62. The molecule has 0 fully saturated rings. The molecule has 0 saturated heterocycles. The lowest BCUT2D eigenvalue weighted by atomic mass is 10.1. The van der Waals surface area contributed by atoms with Gasteiger partial charge in [0.2, 0.25) is 0 Å². The third-order valence-corrected chi connectivity index (χ3v) is 3.53. The molecule has 0 saturated carbocycles. The van der Waals surface area contributed by atoms with Crippen molar-refractivity contribution in [3.63, 3.8) is 0 Å². The van der Waals surface area contributed by atoms with E-state index in [0.717, 1.165) is 12.1 Å². The van der Waals surface area contributed by atoms with E-state index in [2.05, 4.69) is 61.6 Å². The minimum Gasteiger partial charge on any atom is -0.352 e. The summed E-state index contributed by atoms with van der Waals surface area (Å²) in [5, 5.41) is 0. The van der Waals surface area contributed by atoms with Crippen LogP contribution in [0.2, 0.25) is 0 Å². The SMILES string of the molecule is CCc1ccccc1N=Cc1cc(C)n(C)c1C. The number of aromatic nitrogens is 1. The van der Waals surface area contributed by atoms with Crippen LogP contribution in [0, 0.1) is 13.8 Å². The summed E-state index contributed by atoms with van der Waals surface area (Å²) in [5.41, 5.74) is 6.07. The Hall–Kier alpha value is -1.83. The van der Waals surface area contributed by atoms with Gasteiger partial charge in [0.25, 0.3) is 0 Å². The summed E-state index contributed by atoms with van der Waals surface area (Å²) in [5.74, 6) is 0. The second-order valence-corrected chi connectivity index (χ2v) is 4.63. The first-order valence-electron chi connectivity index (χ1n) is 6.38. The zero-order valence-corrected chi connectivity index (χ0v) is 11.6. The third kappa shape index (κ3) is 2.37. The van der Waals surface area contributed by atoms with Crippen molar-refractivity contribution in [2.24, 2.45) is 12.0 Å². The predicted octanol–water partition coefficient (Wildman–Crippen LogP) is 3.95. The lowest BCUT2D eigenvalue weighted by Gasteiger charge is -2.01. The molecule has 0 atom stereocenters. The highest BCUT2D eigenvalue weighted by molar-refractivity contribution is 5.84. The summed E-state index contributed by atoms with van der Waals surface area (Å²) in [6.07, 6.45) is 2.98. The molecule has 1 aromatic carbocycles. The normalized spacial score (nSPS) is 11.3. The molecule has 1 heterocycles. The van der Waals surface area contributed by atoms with E-state index in [9.17, 15) is 0 Å². The molecule has 0 aliphatic carbocycles. The molecular weight excluding hydrogens is 220 g/mol. The number of para-hydroxylation sites is 1. The first-order chi connectivity index (χ1) is 8.63. The topological polar surface area (TPSA) is 17.3 Å². The van der Waals surface area contributed by atoms with Crippen LogP contribution in [0.5, 0.6) is 0 Å². The van der Waals surface area contributed by atoms with Crippen LogP contribution in [0.25, 0.3) is 0 Å². The molecule has 0 aliphatic heterocycles. The number of aliphatic imine (C=N–C) groups is 1. The van der Waals surface area contributed by atoms with Gasteiger partial charge in [0, 0.05) is 30.2 Å². The average Bonchev–Trinajstić information content (AvgIpc) is 2.64. The molecule has 18 heavy (non-hydrogen) atoms. The molecule has 0 spiro atoms. The van der Waals surface area contributed by atoms with Gasteiger partial charge >= 0.3 is 0 Å². The van der Waals surface area contributed by atoms with Crippen LogP contribution in [0.1, 0.15) is 29.4 Å². The molecule has 0 amide bonds. The summed E-state index contributed by atoms with van der Waals surface area (Å²) in [6, 6.07) is 10.5. The van der Waals surface area contributed by atoms with Crippen molar-refractivity contribution in [3.8, 4) is 0 Å². The highest BCUT2D eigenvalue weighted by Crippen LogP contribution is 2.19. The second-order valence-electron chi connectivity index (χ2n) is 4.63. The van der Waals surface area contributed by atoms with E-state index >= 15 is 0 Å². The minimum atomic E-state index is 1.01. The third-order valence-electron chi connectivity index (χ3n) is 3.53. The van der Waals surface area contributed by atoms with Gasteiger partial charge in [-0.3, -0.25) is 4.99 Å². The molecule has 2 heteroatoms. The lowest BCUT2D eigenvalue weighted by Crippen LogP contribution is -1.93. The number of hydrogen-bond acceptors (Lipinski definition) is 1. The Morgan fingerprint density at radius 2 is 1.94 bits per heavy atom. The molecule has 2 rings (SSSR count). The van der Waals surface area contributed by atoms with Crippen molar-refractivity contribution in [3.05, 3.63) is 52.8 Å². The largest absolute Gasteiger partial charge is 0.352 e. The lowest BCUT2D eigenvalue weighted by molar-refractivity contribution is 0.843. The summed E-state index contributed by atoms with van der Waals surface area (Å²) in [6.45, 7) is 6.40. The van der Waals surface area contributed by atoms with E-state index in [4.69, 9.17) is 0 Å². The van der Waals surface area contributed by atoms with Crippen LogP contribution < -0.4 is 0 Å². The molecule has 0 radical (unpaired) electrons. The maximum atomic E-state index is 4.62. The van der Waals surface area contributed by atoms with Gasteiger partial charge in [-0.15, -0.1) is 0 Å². The molecule has 94 valence electrons. The molecule has 2 aromatic rings. The van der Waals surface area contributed by atoms with Gasteiger partial charge in [-0.05, 0) is 38.0 Å². The minimum absolute atomic E-state index is 1.01. The number of aryl methyl sites for hydroxylation is 2. The van der Waals surface area contributed by atoms with Crippen LogP contribution in [-0.4, -0.2) is 10.8 Å². The standard InChI is InChI=1S/C16H20N2/c1-5-14-8-6-7-9-16(14)17-11-15-10-12(2)18(4)13(15)3/h6-11H,5H2,1-4H3. The molecule has 1 aromatic heterocycles.